The predicted molar refractivity (Wildman–Crippen MR) is 162 cm³/mol. The van der Waals surface area contributed by atoms with Crippen molar-refractivity contribution >= 4 is 17.7 Å². The average Bonchev–Trinajstić information content (AvgIpc) is 2.75. The summed E-state index contributed by atoms with van der Waals surface area (Å²) in [6.45, 7) is 22.6. The van der Waals surface area contributed by atoms with Crippen LogP contribution in [-0.2, 0) is 20.8 Å². The number of amides is 3. The van der Waals surface area contributed by atoms with Gasteiger partial charge in [-0.25, -0.2) is 0 Å². The van der Waals surface area contributed by atoms with Crippen LogP contribution in [0.5, 0.6) is 0 Å². The molecule has 6 heteroatoms. The van der Waals surface area contributed by atoms with Gasteiger partial charge in [0.05, 0.1) is 0 Å². The molecule has 1 unspecified atom stereocenters. The molecule has 0 aliphatic heterocycles. The van der Waals surface area contributed by atoms with Crippen LogP contribution in [0, 0.1) is 21.7 Å². The second kappa shape index (κ2) is 14.9. The zero-order chi connectivity index (χ0) is 29.9. The fraction of sp³-hybridized carbons (Fsp3) is 0.727. The molecular weight excluding hydrogens is 486 g/mol. The summed E-state index contributed by atoms with van der Waals surface area (Å²) in [5, 5.41) is 9.14. The molecular formula is C33H57N3O3. The topological polar surface area (TPSA) is 87.3 Å². The molecule has 0 heterocycles. The smallest absolute Gasteiger partial charge is 0.242 e. The van der Waals surface area contributed by atoms with E-state index in [1.54, 1.807) is 0 Å². The summed E-state index contributed by atoms with van der Waals surface area (Å²) in [5.41, 5.74) is 1.05. The van der Waals surface area contributed by atoms with Crippen molar-refractivity contribution in [2.75, 3.05) is 13.1 Å². The molecule has 0 aliphatic carbocycles. The molecule has 0 radical (unpaired) electrons. The molecule has 0 fully saturated rings. The lowest BCUT2D eigenvalue weighted by Gasteiger charge is -2.32. The Morgan fingerprint density at radius 2 is 1.10 bits per heavy atom. The van der Waals surface area contributed by atoms with E-state index in [4.69, 9.17) is 0 Å². The summed E-state index contributed by atoms with van der Waals surface area (Å²) in [4.78, 5) is 37.9. The van der Waals surface area contributed by atoms with Gasteiger partial charge in [0.2, 0.25) is 17.7 Å². The first-order valence-corrected chi connectivity index (χ1v) is 14.6. The highest BCUT2D eigenvalue weighted by molar-refractivity contribution is 5.88. The van der Waals surface area contributed by atoms with E-state index in [1.165, 1.54) is 0 Å². The summed E-state index contributed by atoms with van der Waals surface area (Å²) >= 11 is 0. The third kappa shape index (κ3) is 17.0. The van der Waals surface area contributed by atoms with Crippen molar-refractivity contribution in [1.82, 2.24) is 16.0 Å². The highest BCUT2D eigenvalue weighted by atomic mass is 16.2. The van der Waals surface area contributed by atoms with Gasteiger partial charge in [0, 0.05) is 32.4 Å². The quantitative estimate of drug-likeness (QED) is 0.238. The molecule has 0 saturated carbocycles. The van der Waals surface area contributed by atoms with Gasteiger partial charge in [-0.3, -0.25) is 14.4 Å². The van der Waals surface area contributed by atoms with Crippen molar-refractivity contribution in [3.8, 4) is 0 Å². The molecule has 222 valence electrons. The third-order valence-electron chi connectivity index (χ3n) is 7.02. The van der Waals surface area contributed by atoms with Crippen LogP contribution in [0.4, 0.5) is 0 Å². The van der Waals surface area contributed by atoms with Gasteiger partial charge in [-0.05, 0) is 52.9 Å². The van der Waals surface area contributed by atoms with E-state index in [2.05, 4.69) is 64.4 Å². The lowest BCUT2D eigenvalue weighted by molar-refractivity contribution is -0.130. The first-order chi connectivity index (χ1) is 17.8. The largest absolute Gasteiger partial charge is 0.356 e. The van der Waals surface area contributed by atoms with Crippen LogP contribution in [0.2, 0.25) is 0 Å². The first kappa shape index (κ1) is 34.7. The van der Waals surface area contributed by atoms with Gasteiger partial charge in [-0.1, -0.05) is 99.6 Å². The Labute approximate surface area is 238 Å². The van der Waals surface area contributed by atoms with E-state index in [9.17, 15) is 14.4 Å². The number of hydrogen-bond acceptors (Lipinski definition) is 3. The Balaban J connectivity index is 2.58. The van der Waals surface area contributed by atoms with Crippen molar-refractivity contribution in [1.29, 1.82) is 0 Å². The standard InChI is InChI=1S/C33H57N3O3/c1-30(2,3)23-27(37)34-20-18-32(7,8)16-17-33(9,10)19-21-35-29(39)26(22-25-14-12-11-13-15-25)36-28(38)24-31(4,5)6/h11-15,26H,16-24H2,1-10H3,(H,34,37)(H,35,39)(H,36,38). The number of carbonyl (C=O) groups excluding carboxylic acids is 3. The number of hydrogen-bond donors (Lipinski definition) is 3. The molecule has 0 spiro atoms. The summed E-state index contributed by atoms with van der Waals surface area (Å²) < 4.78 is 0. The average molecular weight is 544 g/mol. The number of nitrogens with one attached hydrogen (secondary N) is 3. The summed E-state index contributed by atoms with van der Waals surface area (Å²) in [5.74, 6) is -0.117. The van der Waals surface area contributed by atoms with Crippen LogP contribution in [0.25, 0.3) is 0 Å². The Kier molecular flexibility index (Phi) is 13.2. The van der Waals surface area contributed by atoms with E-state index in [0.29, 0.717) is 32.4 Å². The van der Waals surface area contributed by atoms with Crippen LogP contribution < -0.4 is 16.0 Å². The molecule has 1 aromatic carbocycles. The number of rotatable bonds is 15. The van der Waals surface area contributed by atoms with Crippen LogP contribution in [0.15, 0.2) is 30.3 Å². The van der Waals surface area contributed by atoms with Gasteiger partial charge in [-0.15, -0.1) is 0 Å². The van der Waals surface area contributed by atoms with Crippen LogP contribution in [-0.4, -0.2) is 36.9 Å². The van der Waals surface area contributed by atoms with Crippen molar-refractivity contribution < 1.29 is 14.4 Å². The minimum atomic E-state index is -0.599. The van der Waals surface area contributed by atoms with Crippen molar-refractivity contribution in [3.05, 3.63) is 35.9 Å². The molecule has 39 heavy (non-hydrogen) atoms. The summed E-state index contributed by atoms with van der Waals surface area (Å²) in [6.07, 6.45) is 5.24. The predicted octanol–water partition coefficient (Wildman–Crippen LogP) is 6.43. The Morgan fingerprint density at radius 3 is 1.59 bits per heavy atom. The number of benzene rings is 1. The van der Waals surface area contributed by atoms with E-state index in [1.807, 2.05) is 51.1 Å². The van der Waals surface area contributed by atoms with Crippen molar-refractivity contribution in [2.45, 2.75) is 120 Å². The van der Waals surface area contributed by atoms with Gasteiger partial charge in [0.15, 0.2) is 0 Å². The Hall–Kier alpha value is -2.37. The summed E-state index contributed by atoms with van der Waals surface area (Å²) in [6, 6.07) is 9.21. The fourth-order valence-corrected chi connectivity index (χ4v) is 4.44. The van der Waals surface area contributed by atoms with Crippen LogP contribution >= 0.6 is 0 Å². The molecule has 0 saturated heterocycles. The van der Waals surface area contributed by atoms with E-state index in [-0.39, 0.29) is 39.4 Å². The SMILES string of the molecule is CC(C)(C)CC(=O)NCCC(C)(C)CCC(C)(C)CCNC(=O)C(Cc1ccccc1)NC(=O)CC(C)(C)C. The molecule has 3 N–H and O–H groups in total. The number of carbonyl (C=O) groups is 3. The molecule has 0 aliphatic rings. The molecule has 1 aromatic rings. The van der Waals surface area contributed by atoms with Crippen LogP contribution in [0.3, 0.4) is 0 Å². The highest BCUT2D eigenvalue weighted by Gasteiger charge is 2.27. The van der Waals surface area contributed by atoms with Gasteiger partial charge in [-0.2, -0.15) is 0 Å². The molecule has 1 atom stereocenters. The lowest BCUT2D eigenvalue weighted by Crippen LogP contribution is -2.49. The minimum Gasteiger partial charge on any atom is -0.356 e. The third-order valence-corrected chi connectivity index (χ3v) is 7.02. The normalized spacial score (nSPS) is 13.5. The van der Waals surface area contributed by atoms with E-state index in [0.717, 1.165) is 31.2 Å². The minimum absolute atomic E-state index is 0.00136. The van der Waals surface area contributed by atoms with Gasteiger partial charge in [0.25, 0.3) is 0 Å². The maximum absolute atomic E-state index is 13.2. The van der Waals surface area contributed by atoms with Gasteiger partial charge >= 0.3 is 0 Å². The molecule has 1 rings (SSSR count). The maximum Gasteiger partial charge on any atom is 0.242 e. The van der Waals surface area contributed by atoms with E-state index < -0.39 is 6.04 Å². The summed E-state index contributed by atoms with van der Waals surface area (Å²) in [7, 11) is 0. The highest BCUT2D eigenvalue weighted by Crippen LogP contribution is 2.35. The lowest BCUT2D eigenvalue weighted by atomic mass is 9.76. The second-order valence-electron chi connectivity index (χ2n) is 15.3. The van der Waals surface area contributed by atoms with Gasteiger partial charge in [0.1, 0.15) is 6.04 Å². The second-order valence-corrected chi connectivity index (χ2v) is 15.3. The molecule has 0 aromatic heterocycles. The molecule has 0 bridgehead atoms. The monoisotopic (exact) mass is 543 g/mol. The van der Waals surface area contributed by atoms with E-state index >= 15 is 0 Å². The molecule has 6 nitrogen and oxygen atoms in total. The van der Waals surface area contributed by atoms with Crippen molar-refractivity contribution in [2.24, 2.45) is 21.7 Å². The Bertz CT molecular complexity index is 908. The fourth-order valence-electron chi connectivity index (χ4n) is 4.44. The van der Waals surface area contributed by atoms with Crippen molar-refractivity contribution in [3.63, 3.8) is 0 Å². The molecule has 3 amide bonds. The van der Waals surface area contributed by atoms with Crippen LogP contribution in [0.1, 0.15) is 113 Å². The van der Waals surface area contributed by atoms with Gasteiger partial charge < -0.3 is 16.0 Å². The zero-order valence-corrected chi connectivity index (χ0v) is 26.6. The Morgan fingerprint density at radius 1 is 0.641 bits per heavy atom. The maximum atomic E-state index is 13.2. The first-order valence-electron chi connectivity index (χ1n) is 14.6. The zero-order valence-electron chi connectivity index (χ0n) is 26.6.